The van der Waals surface area contributed by atoms with E-state index in [0.717, 1.165) is 18.4 Å². The van der Waals surface area contributed by atoms with Gasteiger partial charge < -0.3 is 14.7 Å². The lowest BCUT2D eigenvalue weighted by atomic mass is 10.0. The van der Waals surface area contributed by atoms with Gasteiger partial charge >= 0.3 is 5.97 Å². The third-order valence-corrected chi connectivity index (χ3v) is 4.46. The number of carboxylic acids is 1. The van der Waals surface area contributed by atoms with Crippen LogP contribution < -0.4 is 0 Å². The molecule has 0 unspecified atom stereocenters. The highest BCUT2D eigenvalue weighted by Crippen LogP contribution is 2.23. The number of nitrogens with zero attached hydrogens (tertiary/aromatic N) is 3. The lowest BCUT2D eigenvalue weighted by molar-refractivity contribution is 0.0688. The molecular formula is C18H21N3O4. The Hall–Kier alpha value is -2.67. The highest BCUT2D eigenvalue weighted by atomic mass is 16.5. The molecule has 1 aromatic heterocycles. The highest BCUT2D eigenvalue weighted by molar-refractivity contribution is 5.94. The van der Waals surface area contributed by atoms with Crippen LogP contribution in [0.25, 0.3) is 0 Å². The first-order chi connectivity index (χ1) is 12.1. The normalized spacial score (nSPS) is 15.3. The summed E-state index contributed by atoms with van der Waals surface area (Å²) >= 11 is 0. The van der Waals surface area contributed by atoms with Crippen molar-refractivity contribution in [2.45, 2.75) is 25.5 Å². The zero-order chi connectivity index (χ0) is 17.8. The number of hydrogen-bond donors (Lipinski definition) is 1. The Morgan fingerprint density at radius 3 is 2.68 bits per heavy atom. The summed E-state index contributed by atoms with van der Waals surface area (Å²) in [5.41, 5.74) is 1.83. The standard InChI is InChI=1S/C18H21N3O4/c1-25-12-13-3-2-4-14(9-13)17(22)20-7-5-16(6-8-20)21-11-15(10-19-21)18(23)24/h2-4,9-11,16H,5-8,12H2,1H3,(H,23,24). The average Bonchev–Trinajstić information content (AvgIpc) is 3.12. The Balaban J connectivity index is 1.62. The van der Waals surface area contributed by atoms with Gasteiger partial charge in [-0.2, -0.15) is 5.10 Å². The molecule has 7 heteroatoms. The van der Waals surface area contributed by atoms with E-state index in [4.69, 9.17) is 9.84 Å². The number of aromatic carboxylic acids is 1. The fourth-order valence-electron chi connectivity index (χ4n) is 3.13. The molecule has 0 spiro atoms. The minimum absolute atomic E-state index is 0.0168. The molecule has 1 aromatic carbocycles. The summed E-state index contributed by atoms with van der Waals surface area (Å²) < 4.78 is 6.81. The van der Waals surface area contributed by atoms with Crippen LogP contribution in [0.2, 0.25) is 0 Å². The Morgan fingerprint density at radius 1 is 1.28 bits per heavy atom. The van der Waals surface area contributed by atoms with Gasteiger partial charge in [0.15, 0.2) is 0 Å². The van der Waals surface area contributed by atoms with Gasteiger partial charge in [0, 0.05) is 32.0 Å². The Kier molecular flexibility index (Phi) is 5.14. The van der Waals surface area contributed by atoms with Crippen LogP contribution in [0.15, 0.2) is 36.7 Å². The maximum atomic E-state index is 12.7. The molecule has 1 amide bonds. The van der Waals surface area contributed by atoms with Crippen molar-refractivity contribution in [3.8, 4) is 0 Å². The van der Waals surface area contributed by atoms with Crippen molar-refractivity contribution < 1.29 is 19.4 Å². The second kappa shape index (κ2) is 7.48. The van der Waals surface area contributed by atoms with Gasteiger partial charge in [-0.1, -0.05) is 12.1 Å². The van der Waals surface area contributed by atoms with Gasteiger partial charge in [-0.3, -0.25) is 9.48 Å². The lowest BCUT2D eigenvalue weighted by Crippen LogP contribution is -2.39. The van der Waals surface area contributed by atoms with Crippen LogP contribution in [0.4, 0.5) is 0 Å². The number of benzene rings is 1. The smallest absolute Gasteiger partial charge is 0.338 e. The number of piperidine rings is 1. The van der Waals surface area contributed by atoms with Crippen LogP contribution in [0.5, 0.6) is 0 Å². The number of methoxy groups -OCH3 is 1. The second-order valence-electron chi connectivity index (χ2n) is 6.17. The van der Waals surface area contributed by atoms with E-state index >= 15 is 0 Å². The van der Waals surface area contributed by atoms with Crippen molar-refractivity contribution in [3.63, 3.8) is 0 Å². The monoisotopic (exact) mass is 343 g/mol. The summed E-state index contributed by atoms with van der Waals surface area (Å²) in [4.78, 5) is 25.5. The number of rotatable bonds is 5. The minimum Gasteiger partial charge on any atom is -0.478 e. The number of carboxylic acid groups (broad SMARTS) is 1. The number of carbonyl (C=O) groups is 2. The zero-order valence-corrected chi connectivity index (χ0v) is 14.1. The third-order valence-electron chi connectivity index (χ3n) is 4.46. The van der Waals surface area contributed by atoms with Gasteiger partial charge in [0.05, 0.1) is 24.4 Å². The molecule has 3 rings (SSSR count). The molecule has 1 aliphatic rings. The van der Waals surface area contributed by atoms with Crippen LogP contribution in [0.3, 0.4) is 0 Å². The molecular weight excluding hydrogens is 322 g/mol. The van der Waals surface area contributed by atoms with Gasteiger partial charge in [-0.05, 0) is 30.5 Å². The Morgan fingerprint density at radius 2 is 2.04 bits per heavy atom. The maximum absolute atomic E-state index is 12.7. The molecule has 0 saturated carbocycles. The predicted octanol–water partition coefficient (Wildman–Crippen LogP) is 2.21. The topological polar surface area (TPSA) is 84.7 Å². The van der Waals surface area contributed by atoms with Crippen LogP contribution in [-0.4, -0.2) is 51.9 Å². The minimum atomic E-state index is -0.977. The van der Waals surface area contributed by atoms with Crippen molar-refractivity contribution in [2.75, 3.05) is 20.2 Å². The number of ether oxygens (including phenoxy) is 1. The van der Waals surface area contributed by atoms with E-state index in [1.807, 2.05) is 29.2 Å². The van der Waals surface area contributed by atoms with Crippen molar-refractivity contribution in [2.24, 2.45) is 0 Å². The van der Waals surface area contributed by atoms with Crippen molar-refractivity contribution in [1.29, 1.82) is 0 Å². The molecule has 132 valence electrons. The van der Waals surface area contributed by atoms with E-state index in [1.54, 1.807) is 18.0 Å². The van der Waals surface area contributed by atoms with Gasteiger partial charge in [-0.15, -0.1) is 0 Å². The van der Waals surface area contributed by atoms with Crippen LogP contribution >= 0.6 is 0 Å². The number of likely N-dealkylation sites (tertiary alicyclic amines) is 1. The molecule has 25 heavy (non-hydrogen) atoms. The summed E-state index contributed by atoms with van der Waals surface area (Å²) in [7, 11) is 1.63. The molecule has 7 nitrogen and oxygen atoms in total. The summed E-state index contributed by atoms with van der Waals surface area (Å²) in [6, 6.07) is 7.61. The van der Waals surface area contributed by atoms with Crippen molar-refractivity contribution >= 4 is 11.9 Å². The summed E-state index contributed by atoms with van der Waals surface area (Å²) in [5.74, 6) is -0.960. The van der Waals surface area contributed by atoms with Crippen molar-refractivity contribution in [3.05, 3.63) is 53.3 Å². The summed E-state index contributed by atoms with van der Waals surface area (Å²) in [6.07, 6.45) is 4.42. The molecule has 0 aliphatic carbocycles. The van der Waals surface area contributed by atoms with Crippen LogP contribution in [0.1, 0.15) is 45.2 Å². The molecule has 1 N–H and O–H groups in total. The fraction of sp³-hybridized carbons (Fsp3) is 0.389. The van der Waals surface area contributed by atoms with E-state index in [0.29, 0.717) is 25.3 Å². The van der Waals surface area contributed by atoms with E-state index in [9.17, 15) is 9.59 Å². The maximum Gasteiger partial charge on any atom is 0.338 e. The second-order valence-corrected chi connectivity index (χ2v) is 6.17. The number of hydrogen-bond acceptors (Lipinski definition) is 4. The van der Waals surface area contributed by atoms with Gasteiger partial charge in [0.25, 0.3) is 5.91 Å². The van der Waals surface area contributed by atoms with E-state index in [2.05, 4.69) is 5.10 Å². The summed E-state index contributed by atoms with van der Waals surface area (Å²) in [5, 5.41) is 13.1. The molecule has 1 fully saturated rings. The zero-order valence-electron chi connectivity index (χ0n) is 14.1. The first-order valence-electron chi connectivity index (χ1n) is 8.23. The molecule has 0 bridgehead atoms. The summed E-state index contributed by atoms with van der Waals surface area (Å²) in [6.45, 7) is 1.73. The van der Waals surface area contributed by atoms with Gasteiger partial charge in [-0.25, -0.2) is 4.79 Å². The molecule has 0 radical (unpaired) electrons. The average molecular weight is 343 g/mol. The Bertz CT molecular complexity index is 763. The van der Waals surface area contributed by atoms with Gasteiger partial charge in [0.1, 0.15) is 0 Å². The quantitative estimate of drug-likeness (QED) is 0.900. The first-order valence-corrected chi connectivity index (χ1v) is 8.23. The first kappa shape index (κ1) is 17.2. The van der Waals surface area contributed by atoms with E-state index in [-0.39, 0.29) is 17.5 Å². The Labute approximate surface area is 145 Å². The molecule has 2 heterocycles. The number of carbonyl (C=O) groups excluding carboxylic acids is 1. The fourth-order valence-corrected chi connectivity index (χ4v) is 3.13. The third kappa shape index (κ3) is 3.88. The SMILES string of the molecule is COCc1cccc(C(=O)N2CCC(n3cc(C(=O)O)cn3)CC2)c1. The number of aromatic nitrogens is 2. The predicted molar refractivity (Wildman–Crippen MR) is 90.5 cm³/mol. The molecule has 2 aromatic rings. The largest absolute Gasteiger partial charge is 0.478 e. The molecule has 1 aliphatic heterocycles. The van der Waals surface area contributed by atoms with Crippen LogP contribution in [0, 0.1) is 0 Å². The lowest BCUT2D eigenvalue weighted by Gasteiger charge is -2.32. The molecule has 1 saturated heterocycles. The molecule has 0 atom stereocenters. The highest BCUT2D eigenvalue weighted by Gasteiger charge is 2.25. The van der Waals surface area contributed by atoms with E-state index in [1.165, 1.54) is 6.20 Å². The van der Waals surface area contributed by atoms with Gasteiger partial charge in [0.2, 0.25) is 0 Å². The van der Waals surface area contributed by atoms with Crippen molar-refractivity contribution in [1.82, 2.24) is 14.7 Å². The number of amides is 1. The van der Waals surface area contributed by atoms with Crippen LogP contribution in [-0.2, 0) is 11.3 Å². The van der Waals surface area contributed by atoms with E-state index < -0.39 is 5.97 Å².